The van der Waals surface area contributed by atoms with Crippen molar-refractivity contribution in [2.24, 2.45) is 4.99 Å². The lowest BCUT2D eigenvalue weighted by Crippen LogP contribution is -2.46. The largest absolute Gasteiger partial charge is 0.486 e. The maximum atomic E-state index is 12.1. The van der Waals surface area contributed by atoms with Crippen molar-refractivity contribution in [2.45, 2.75) is 51.2 Å². The van der Waals surface area contributed by atoms with Gasteiger partial charge >= 0.3 is 0 Å². The second-order valence-corrected chi connectivity index (χ2v) is 6.98. The minimum absolute atomic E-state index is 0.0229. The van der Waals surface area contributed by atoms with E-state index in [2.05, 4.69) is 20.9 Å². The topological polar surface area (TPSA) is 84.0 Å². The zero-order chi connectivity index (χ0) is 18.9. The lowest BCUT2D eigenvalue weighted by atomic mass is 9.95. The molecule has 1 aromatic carbocycles. The number of ether oxygens (including phenoxy) is 2. The van der Waals surface area contributed by atoms with Crippen molar-refractivity contribution < 1.29 is 14.3 Å². The molecule has 3 N–H and O–H groups in total. The molecule has 148 valence electrons. The summed E-state index contributed by atoms with van der Waals surface area (Å²) in [5.74, 6) is 2.11. The van der Waals surface area contributed by atoms with E-state index in [0.29, 0.717) is 25.2 Å². The van der Waals surface area contributed by atoms with E-state index in [1.54, 1.807) is 0 Å². The Morgan fingerprint density at radius 1 is 1.15 bits per heavy atom. The molecule has 1 atom stereocenters. The molecule has 1 aromatic rings. The quantitative estimate of drug-likeness (QED) is 0.523. The fourth-order valence-corrected chi connectivity index (χ4v) is 3.39. The number of hydrogen-bond donors (Lipinski definition) is 3. The van der Waals surface area contributed by atoms with Gasteiger partial charge in [0.2, 0.25) is 5.91 Å². The van der Waals surface area contributed by atoms with E-state index in [1.165, 1.54) is 19.3 Å². The molecule has 1 unspecified atom stereocenters. The highest BCUT2D eigenvalue weighted by Gasteiger charge is 2.21. The Morgan fingerprint density at radius 2 is 1.93 bits per heavy atom. The normalized spacial score (nSPS) is 20.0. The Morgan fingerprint density at radius 3 is 2.70 bits per heavy atom. The molecule has 0 radical (unpaired) electrons. The zero-order valence-electron chi connectivity index (χ0n) is 16.0. The van der Waals surface area contributed by atoms with Crippen molar-refractivity contribution >= 4 is 11.9 Å². The molecule has 1 saturated carbocycles. The first-order chi connectivity index (χ1) is 13.2. The number of amides is 1. The van der Waals surface area contributed by atoms with E-state index >= 15 is 0 Å². The average molecular weight is 374 g/mol. The Balaban J connectivity index is 1.45. The van der Waals surface area contributed by atoms with Gasteiger partial charge in [0.25, 0.3) is 0 Å². The molecule has 1 aliphatic heterocycles. The molecule has 2 aliphatic rings. The van der Waals surface area contributed by atoms with Gasteiger partial charge in [-0.05, 0) is 31.9 Å². The maximum absolute atomic E-state index is 12.1. The number of carbonyl (C=O) groups is 1. The van der Waals surface area contributed by atoms with E-state index in [1.807, 2.05) is 31.2 Å². The monoisotopic (exact) mass is 374 g/mol. The fraction of sp³-hybridized carbons (Fsp3) is 0.600. The van der Waals surface area contributed by atoms with Gasteiger partial charge in [0, 0.05) is 12.6 Å². The number of para-hydroxylation sites is 2. The molecule has 0 spiro atoms. The first kappa shape index (κ1) is 19.3. The van der Waals surface area contributed by atoms with Crippen molar-refractivity contribution in [3.8, 4) is 11.5 Å². The standard InChI is InChI=1S/C20H30N4O3/c1-2-21-20(23-13-19(25)24-15-8-4-3-5-9-15)22-12-16-14-26-17-10-6-7-11-18(17)27-16/h6-7,10-11,15-16H,2-5,8-9,12-14H2,1H3,(H,24,25)(H2,21,22,23). The van der Waals surface area contributed by atoms with Gasteiger partial charge in [-0.15, -0.1) is 0 Å². The molecule has 1 aliphatic carbocycles. The first-order valence-corrected chi connectivity index (χ1v) is 9.94. The average Bonchev–Trinajstić information content (AvgIpc) is 2.70. The molecular weight excluding hydrogens is 344 g/mol. The smallest absolute Gasteiger partial charge is 0.242 e. The van der Waals surface area contributed by atoms with Crippen LogP contribution >= 0.6 is 0 Å². The molecule has 1 amide bonds. The number of nitrogens with one attached hydrogen (secondary N) is 3. The van der Waals surface area contributed by atoms with Gasteiger partial charge < -0.3 is 25.4 Å². The van der Waals surface area contributed by atoms with Crippen LogP contribution in [0.15, 0.2) is 29.3 Å². The highest BCUT2D eigenvalue weighted by molar-refractivity contribution is 5.85. The Labute approximate surface area is 160 Å². The SMILES string of the molecule is CCNC(=NCC(=O)NC1CCCCC1)NCC1COc2ccccc2O1. The van der Waals surface area contributed by atoms with Crippen LogP contribution in [0.4, 0.5) is 0 Å². The van der Waals surface area contributed by atoms with E-state index in [9.17, 15) is 4.79 Å². The summed E-state index contributed by atoms with van der Waals surface area (Å²) in [4.78, 5) is 16.5. The number of aliphatic imine (C=N–C) groups is 1. The van der Waals surface area contributed by atoms with Crippen LogP contribution in [0.1, 0.15) is 39.0 Å². The van der Waals surface area contributed by atoms with Crippen LogP contribution in [0.5, 0.6) is 11.5 Å². The highest BCUT2D eigenvalue weighted by atomic mass is 16.6. The van der Waals surface area contributed by atoms with Crippen molar-refractivity contribution in [1.82, 2.24) is 16.0 Å². The van der Waals surface area contributed by atoms with Crippen LogP contribution in [0.3, 0.4) is 0 Å². The van der Waals surface area contributed by atoms with Crippen molar-refractivity contribution in [3.63, 3.8) is 0 Å². The molecule has 1 fully saturated rings. The van der Waals surface area contributed by atoms with Crippen LogP contribution in [0.25, 0.3) is 0 Å². The fourth-order valence-electron chi connectivity index (χ4n) is 3.39. The molecule has 0 saturated heterocycles. The maximum Gasteiger partial charge on any atom is 0.242 e. The number of guanidine groups is 1. The predicted octanol–water partition coefficient (Wildman–Crippen LogP) is 1.83. The van der Waals surface area contributed by atoms with Crippen LogP contribution < -0.4 is 25.4 Å². The summed E-state index contributed by atoms with van der Waals surface area (Å²) in [6.07, 6.45) is 5.72. The van der Waals surface area contributed by atoms with Gasteiger partial charge in [0.1, 0.15) is 19.3 Å². The molecule has 1 heterocycles. The zero-order valence-corrected chi connectivity index (χ0v) is 16.0. The van der Waals surface area contributed by atoms with Crippen LogP contribution in [-0.2, 0) is 4.79 Å². The number of rotatable bonds is 6. The van der Waals surface area contributed by atoms with Gasteiger partial charge in [-0.2, -0.15) is 0 Å². The van der Waals surface area contributed by atoms with Gasteiger partial charge in [-0.3, -0.25) is 4.79 Å². The summed E-state index contributed by atoms with van der Waals surface area (Å²) in [5.41, 5.74) is 0. The van der Waals surface area contributed by atoms with E-state index in [-0.39, 0.29) is 18.6 Å². The molecule has 3 rings (SSSR count). The number of benzene rings is 1. The lowest BCUT2D eigenvalue weighted by molar-refractivity contribution is -0.120. The van der Waals surface area contributed by atoms with E-state index in [4.69, 9.17) is 9.47 Å². The van der Waals surface area contributed by atoms with Gasteiger partial charge in [-0.25, -0.2) is 4.99 Å². The van der Waals surface area contributed by atoms with Gasteiger partial charge in [0.05, 0.1) is 6.54 Å². The third-order valence-electron chi connectivity index (χ3n) is 4.76. The summed E-state index contributed by atoms with van der Waals surface area (Å²) >= 11 is 0. The number of hydrogen-bond acceptors (Lipinski definition) is 4. The number of nitrogens with zero attached hydrogens (tertiary/aromatic N) is 1. The number of fused-ring (bicyclic) bond motifs is 1. The second kappa shape index (κ2) is 10.0. The summed E-state index contributed by atoms with van der Waals surface area (Å²) in [5, 5.41) is 9.48. The minimum atomic E-state index is -0.111. The Hall–Kier alpha value is -2.44. The van der Waals surface area contributed by atoms with E-state index in [0.717, 1.165) is 30.9 Å². The first-order valence-electron chi connectivity index (χ1n) is 9.94. The molecule has 27 heavy (non-hydrogen) atoms. The molecule has 7 nitrogen and oxygen atoms in total. The Kier molecular flexibility index (Phi) is 7.19. The summed E-state index contributed by atoms with van der Waals surface area (Å²) in [6.45, 7) is 3.86. The molecule has 0 bridgehead atoms. The summed E-state index contributed by atoms with van der Waals surface area (Å²) < 4.78 is 11.7. The second-order valence-electron chi connectivity index (χ2n) is 6.98. The van der Waals surface area contributed by atoms with Crippen LogP contribution in [0.2, 0.25) is 0 Å². The van der Waals surface area contributed by atoms with Crippen molar-refractivity contribution in [3.05, 3.63) is 24.3 Å². The molecular formula is C20H30N4O3. The third kappa shape index (κ3) is 6.05. The third-order valence-corrected chi connectivity index (χ3v) is 4.76. The number of carbonyl (C=O) groups excluding carboxylic acids is 1. The lowest BCUT2D eigenvalue weighted by Gasteiger charge is -2.27. The van der Waals surface area contributed by atoms with Crippen molar-refractivity contribution in [1.29, 1.82) is 0 Å². The summed E-state index contributed by atoms with van der Waals surface area (Å²) in [7, 11) is 0. The predicted molar refractivity (Wildman–Crippen MR) is 105 cm³/mol. The molecule has 7 heteroatoms. The minimum Gasteiger partial charge on any atom is -0.486 e. The van der Waals surface area contributed by atoms with Gasteiger partial charge in [-0.1, -0.05) is 31.4 Å². The Bertz CT molecular complexity index is 644. The van der Waals surface area contributed by atoms with Crippen LogP contribution in [-0.4, -0.2) is 50.3 Å². The van der Waals surface area contributed by atoms with E-state index < -0.39 is 0 Å². The van der Waals surface area contributed by atoms with Crippen LogP contribution in [0, 0.1) is 0 Å². The molecule has 0 aromatic heterocycles. The van der Waals surface area contributed by atoms with Gasteiger partial charge in [0.15, 0.2) is 17.5 Å². The van der Waals surface area contributed by atoms with Crippen molar-refractivity contribution in [2.75, 3.05) is 26.2 Å². The summed E-state index contributed by atoms with van der Waals surface area (Å²) in [6, 6.07) is 7.96. The highest BCUT2D eigenvalue weighted by Crippen LogP contribution is 2.30.